The van der Waals surface area contributed by atoms with Crippen LogP contribution in [0.3, 0.4) is 0 Å². The van der Waals surface area contributed by atoms with Gasteiger partial charge in [0.15, 0.2) is 0 Å². The molecular weight excluding hydrogens is 208 g/mol. The van der Waals surface area contributed by atoms with Crippen LogP contribution in [0, 0.1) is 0 Å². The number of carbonyl (C=O) groups excluding carboxylic acids is 1. The summed E-state index contributed by atoms with van der Waals surface area (Å²) in [6.45, 7) is 1.64. The normalized spacial score (nSPS) is 12.7. The van der Waals surface area contributed by atoms with Crippen molar-refractivity contribution in [3.8, 4) is 0 Å². The highest BCUT2D eigenvalue weighted by atomic mass is 16.5. The molecule has 0 spiro atoms. The second kappa shape index (κ2) is 3.94. The topological polar surface area (TPSA) is 75.2 Å². The summed E-state index contributed by atoms with van der Waals surface area (Å²) >= 11 is 0. The summed E-state index contributed by atoms with van der Waals surface area (Å²) in [6, 6.07) is 5.04. The maximum absolute atomic E-state index is 11.3. The average Bonchev–Trinajstić information content (AvgIpc) is 2.70. The van der Waals surface area contributed by atoms with Gasteiger partial charge in [-0.25, -0.2) is 4.79 Å². The molecule has 0 saturated carbocycles. The second-order valence-electron chi connectivity index (χ2n) is 3.54. The summed E-state index contributed by atoms with van der Waals surface area (Å²) in [7, 11) is 1.33. The molecule has 2 N–H and O–H groups in total. The molecule has 0 saturated heterocycles. The fourth-order valence-electron chi connectivity index (χ4n) is 1.60. The largest absolute Gasteiger partial charge is 0.465 e. The lowest BCUT2D eigenvalue weighted by atomic mass is 10.1. The molecule has 0 amide bonds. The first-order chi connectivity index (χ1) is 7.63. The quantitative estimate of drug-likeness (QED) is 0.750. The van der Waals surface area contributed by atoms with Crippen LogP contribution in [0.25, 0.3) is 10.9 Å². The Morgan fingerprint density at radius 3 is 2.94 bits per heavy atom. The minimum atomic E-state index is -0.641. The van der Waals surface area contributed by atoms with Crippen molar-refractivity contribution in [2.24, 2.45) is 0 Å². The van der Waals surface area contributed by atoms with Crippen molar-refractivity contribution < 1.29 is 14.6 Å². The highest BCUT2D eigenvalue weighted by Crippen LogP contribution is 2.22. The summed E-state index contributed by atoms with van der Waals surface area (Å²) in [6.07, 6.45) is -0.641. The van der Waals surface area contributed by atoms with E-state index in [2.05, 4.69) is 14.9 Å². The predicted molar refractivity (Wildman–Crippen MR) is 58.1 cm³/mol. The predicted octanol–water partition coefficient (Wildman–Crippen LogP) is 1.40. The van der Waals surface area contributed by atoms with Gasteiger partial charge in [-0.05, 0) is 25.1 Å². The fourth-order valence-corrected chi connectivity index (χ4v) is 1.60. The van der Waals surface area contributed by atoms with Gasteiger partial charge in [0.25, 0.3) is 0 Å². The number of esters is 1. The number of aromatic amines is 1. The molecule has 1 atom stereocenters. The van der Waals surface area contributed by atoms with Crippen molar-refractivity contribution in [3.63, 3.8) is 0 Å². The summed E-state index contributed by atoms with van der Waals surface area (Å²) in [5.41, 5.74) is 1.74. The van der Waals surface area contributed by atoms with Crippen LogP contribution < -0.4 is 0 Å². The molecular formula is C11H12N2O3. The minimum absolute atomic E-state index is 0.393. The number of aliphatic hydroxyl groups excluding tert-OH is 1. The van der Waals surface area contributed by atoms with E-state index < -0.39 is 12.1 Å². The first-order valence-corrected chi connectivity index (χ1v) is 4.88. The van der Waals surface area contributed by atoms with Gasteiger partial charge in [-0.15, -0.1) is 0 Å². The number of aliphatic hydroxyl groups is 1. The highest BCUT2D eigenvalue weighted by Gasteiger charge is 2.12. The van der Waals surface area contributed by atoms with E-state index in [0.717, 1.165) is 5.39 Å². The maximum Gasteiger partial charge on any atom is 0.337 e. The molecule has 0 bridgehead atoms. The molecule has 0 aliphatic carbocycles. The van der Waals surface area contributed by atoms with Crippen molar-refractivity contribution in [2.45, 2.75) is 13.0 Å². The zero-order chi connectivity index (χ0) is 11.7. The molecule has 2 aromatic rings. The van der Waals surface area contributed by atoms with Crippen molar-refractivity contribution in [1.82, 2.24) is 10.2 Å². The number of rotatable bonds is 2. The van der Waals surface area contributed by atoms with Crippen LogP contribution in [0.15, 0.2) is 18.2 Å². The third-order valence-corrected chi connectivity index (χ3v) is 2.41. The van der Waals surface area contributed by atoms with Gasteiger partial charge in [-0.1, -0.05) is 0 Å². The molecule has 16 heavy (non-hydrogen) atoms. The molecule has 5 nitrogen and oxygen atoms in total. The molecule has 1 aromatic heterocycles. The number of nitrogens with one attached hydrogen (secondary N) is 1. The molecule has 1 heterocycles. The maximum atomic E-state index is 11.3. The fraction of sp³-hybridized carbons (Fsp3) is 0.273. The van der Waals surface area contributed by atoms with Crippen molar-refractivity contribution in [1.29, 1.82) is 0 Å². The number of methoxy groups -OCH3 is 1. The Morgan fingerprint density at radius 2 is 2.31 bits per heavy atom. The van der Waals surface area contributed by atoms with Crippen LogP contribution >= 0.6 is 0 Å². The SMILES string of the molecule is COC(=O)c1ccc2c(C(C)O)n[nH]c2c1. The molecule has 0 aliphatic heterocycles. The molecule has 0 radical (unpaired) electrons. The molecule has 1 aromatic carbocycles. The first kappa shape index (κ1) is 10.6. The van der Waals surface area contributed by atoms with E-state index in [4.69, 9.17) is 0 Å². The molecule has 5 heteroatoms. The second-order valence-corrected chi connectivity index (χ2v) is 3.54. The van der Waals surface area contributed by atoms with E-state index in [1.165, 1.54) is 7.11 Å². The Kier molecular flexibility index (Phi) is 2.62. The molecule has 2 rings (SSSR count). The summed E-state index contributed by atoms with van der Waals surface area (Å²) in [5.74, 6) is -0.393. The Morgan fingerprint density at radius 1 is 1.56 bits per heavy atom. The van der Waals surface area contributed by atoms with Gasteiger partial charge in [-0.2, -0.15) is 5.10 Å². The number of benzene rings is 1. The lowest BCUT2D eigenvalue weighted by molar-refractivity contribution is 0.0601. The van der Waals surface area contributed by atoms with Gasteiger partial charge in [-0.3, -0.25) is 5.10 Å². The van der Waals surface area contributed by atoms with Crippen molar-refractivity contribution in [2.75, 3.05) is 7.11 Å². The van der Waals surface area contributed by atoms with Crippen molar-refractivity contribution >= 4 is 16.9 Å². The molecule has 0 aliphatic rings. The van der Waals surface area contributed by atoms with Crippen LogP contribution in [0.2, 0.25) is 0 Å². The van der Waals surface area contributed by atoms with E-state index in [9.17, 15) is 9.90 Å². The summed E-state index contributed by atoms with van der Waals surface area (Å²) in [4.78, 5) is 11.3. The van der Waals surface area contributed by atoms with E-state index in [0.29, 0.717) is 16.8 Å². The third kappa shape index (κ3) is 1.65. The number of hydrogen-bond donors (Lipinski definition) is 2. The zero-order valence-corrected chi connectivity index (χ0v) is 9.02. The molecule has 1 unspecified atom stereocenters. The van der Waals surface area contributed by atoms with E-state index in [1.807, 2.05) is 0 Å². The minimum Gasteiger partial charge on any atom is -0.465 e. The monoisotopic (exact) mass is 220 g/mol. The van der Waals surface area contributed by atoms with E-state index in [-0.39, 0.29) is 0 Å². The number of hydrogen-bond acceptors (Lipinski definition) is 4. The van der Waals surface area contributed by atoms with Crippen LogP contribution in [0.4, 0.5) is 0 Å². The smallest absolute Gasteiger partial charge is 0.337 e. The Labute approximate surface area is 92.0 Å². The average molecular weight is 220 g/mol. The standard InChI is InChI=1S/C11H12N2O3/c1-6(14)10-8-4-3-7(11(15)16-2)5-9(8)12-13-10/h3-6,14H,1-2H3,(H,12,13). The lowest BCUT2D eigenvalue weighted by Gasteiger charge is -2.01. The number of H-pyrrole nitrogens is 1. The number of fused-ring (bicyclic) bond motifs is 1. The third-order valence-electron chi connectivity index (χ3n) is 2.41. The van der Waals surface area contributed by atoms with Crippen LogP contribution in [-0.4, -0.2) is 28.4 Å². The van der Waals surface area contributed by atoms with E-state index >= 15 is 0 Å². The van der Waals surface area contributed by atoms with Crippen LogP contribution in [0.5, 0.6) is 0 Å². The van der Waals surface area contributed by atoms with E-state index in [1.54, 1.807) is 25.1 Å². The Balaban J connectivity index is 2.53. The Bertz CT molecular complexity index is 531. The van der Waals surface area contributed by atoms with Crippen molar-refractivity contribution in [3.05, 3.63) is 29.5 Å². The highest BCUT2D eigenvalue weighted by molar-refractivity contribution is 5.94. The lowest BCUT2D eigenvalue weighted by Crippen LogP contribution is -2.00. The molecule has 84 valence electrons. The number of ether oxygens (including phenoxy) is 1. The molecule has 0 fully saturated rings. The van der Waals surface area contributed by atoms with Gasteiger partial charge in [0.05, 0.1) is 30.0 Å². The Hall–Kier alpha value is -1.88. The van der Waals surface area contributed by atoms with Gasteiger partial charge in [0, 0.05) is 5.39 Å². The number of carbonyl (C=O) groups is 1. The van der Waals surface area contributed by atoms with Crippen LogP contribution in [0.1, 0.15) is 29.1 Å². The zero-order valence-electron chi connectivity index (χ0n) is 9.02. The first-order valence-electron chi connectivity index (χ1n) is 4.88. The van der Waals surface area contributed by atoms with Crippen LogP contribution in [-0.2, 0) is 4.74 Å². The van der Waals surface area contributed by atoms with Gasteiger partial charge in [0.2, 0.25) is 0 Å². The summed E-state index contributed by atoms with van der Waals surface area (Å²) in [5, 5.41) is 17.0. The van der Waals surface area contributed by atoms with Gasteiger partial charge >= 0.3 is 5.97 Å². The van der Waals surface area contributed by atoms with Gasteiger partial charge < -0.3 is 9.84 Å². The van der Waals surface area contributed by atoms with Gasteiger partial charge in [0.1, 0.15) is 0 Å². The summed E-state index contributed by atoms with van der Waals surface area (Å²) < 4.78 is 4.62. The number of aromatic nitrogens is 2. The number of nitrogens with zero attached hydrogens (tertiary/aromatic N) is 1.